The summed E-state index contributed by atoms with van der Waals surface area (Å²) in [6.07, 6.45) is 11.3. The zero-order valence-corrected chi connectivity index (χ0v) is 24.0. The van der Waals surface area contributed by atoms with Gasteiger partial charge in [0.05, 0.1) is 17.9 Å². The predicted molar refractivity (Wildman–Crippen MR) is 141 cm³/mol. The molecule has 36 heavy (non-hydrogen) atoms. The van der Waals surface area contributed by atoms with Crippen molar-refractivity contribution in [3.05, 3.63) is 0 Å². The van der Waals surface area contributed by atoms with Crippen molar-refractivity contribution >= 4 is 11.9 Å². The Morgan fingerprint density at radius 3 is 2.19 bits per heavy atom. The number of fused-ring (bicyclic) bond motifs is 5. The molecule has 0 aromatic heterocycles. The van der Waals surface area contributed by atoms with Gasteiger partial charge in [0.1, 0.15) is 0 Å². The van der Waals surface area contributed by atoms with E-state index in [-0.39, 0.29) is 12.3 Å². The molecule has 4 aliphatic carbocycles. The summed E-state index contributed by atoms with van der Waals surface area (Å²) in [5.41, 5.74) is -0.115. The third kappa shape index (κ3) is 4.64. The molecule has 0 unspecified atom stereocenters. The average Bonchev–Trinajstić information content (AvgIpc) is 3.11. The van der Waals surface area contributed by atoms with E-state index in [1.807, 2.05) is 0 Å². The van der Waals surface area contributed by atoms with Crippen molar-refractivity contribution < 1.29 is 24.2 Å². The van der Waals surface area contributed by atoms with Crippen LogP contribution < -0.4 is 0 Å². The Balaban J connectivity index is 1.63. The van der Waals surface area contributed by atoms with Crippen molar-refractivity contribution in [1.82, 2.24) is 0 Å². The van der Waals surface area contributed by atoms with Crippen LogP contribution in [0, 0.1) is 52.3 Å². The van der Waals surface area contributed by atoms with Crippen LogP contribution in [-0.4, -0.2) is 28.9 Å². The monoisotopic (exact) mass is 504 g/mol. The highest BCUT2D eigenvalue weighted by atomic mass is 16.7. The maximum Gasteiger partial charge on any atom is 0.305 e. The molecule has 0 amide bonds. The summed E-state index contributed by atoms with van der Waals surface area (Å²) in [5, 5.41) is 10.8. The van der Waals surface area contributed by atoms with E-state index in [1.165, 1.54) is 58.8 Å². The number of hydrogen-bond donors (Lipinski definition) is 1. The Morgan fingerprint density at radius 1 is 0.917 bits per heavy atom. The lowest BCUT2D eigenvalue weighted by atomic mass is 9.42. The van der Waals surface area contributed by atoms with Gasteiger partial charge in [-0.15, -0.1) is 0 Å². The van der Waals surface area contributed by atoms with Crippen LogP contribution in [0.15, 0.2) is 0 Å². The summed E-state index contributed by atoms with van der Waals surface area (Å²) < 4.78 is 12.0. The second kappa shape index (κ2) is 10.2. The molecule has 4 rings (SSSR count). The van der Waals surface area contributed by atoms with Crippen LogP contribution in [0.5, 0.6) is 0 Å². The molecule has 0 bridgehead atoms. The van der Waals surface area contributed by atoms with Crippen LogP contribution in [0.25, 0.3) is 0 Å². The van der Waals surface area contributed by atoms with Crippen molar-refractivity contribution in [3.8, 4) is 0 Å². The average molecular weight is 505 g/mol. The Kier molecular flexibility index (Phi) is 7.93. The molecule has 0 aromatic rings. The number of aliphatic hydroxyl groups excluding tert-OH is 1. The lowest BCUT2D eigenvalue weighted by Gasteiger charge is -2.65. The molecule has 0 aromatic carbocycles. The van der Waals surface area contributed by atoms with Gasteiger partial charge in [-0.05, 0) is 91.8 Å². The van der Waals surface area contributed by atoms with E-state index >= 15 is 0 Å². The van der Waals surface area contributed by atoms with Crippen LogP contribution in [-0.2, 0) is 19.1 Å². The molecule has 0 aliphatic heterocycles. The van der Waals surface area contributed by atoms with E-state index in [9.17, 15) is 14.7 Å². The summed E-state index contributed by atoms with van der Waals surface area (Å²) in [7, 11) is 0. The number of carbonyl (C=O) groups excluding carboxylic acids is 2. The van der Waals surface area contributed by atoms with Gasteiger partial charge in [0.2, 0.25) is 0 Å². The van der Waals surface area contributed by atoms with Gasteiger partial charge >= 0.3 is 11.9 Å². The number of aliphatic hydroxyl groups is 1. The van der Waals surface area contributed by atoms with Crippen molar-refractivity contribution in [2.75, 3.05) is 0 Å². The Bertz CT molecular complexity index is 806. The summed E-state index contributed by atoms with van der Waals surface area (Å²) in [5.74, 6) is 1.78. The van der Waals surface area contributed by atoms with Crippen LogP contribution in [0.4, 0.5) is 0 Å². The molecule has 0 saturated heterocycles. The summed E-state index contributed by atoms with van der Waals surface area (Å²) in [6, 6.07) is 0. The first kappa shape index (κ1) is 27.9. The van der Waals surface area contributed by atoms with Gasteiger partial charge in [-0.3, -0.25) is 9.59 Å². The minimum atomic E-state index is -1.38. The van der Waals surface area contributed by atoms with Crippen LogP contribution >= 0.6 is 0 Å². The molecule has 206 valence electrons. The molecule has 5 heteroatoms. The van der Waals surface area contributed by atoms with Gasteiger partial charge in [-0.25, -0.2) is 0 Å². The molecule has 9 atom stereocenters. The van der Waals surface area contributed by atoms with Gasteiger partial charge in [-0.1, -0.05) is 53.9 Å². The van der Waals surface area contributed by atoms with Gasteiger partial charge in [-0.2, -0.15) is 0 Å². The quantitative estimate of drug-likeness (QED) is 0.301. The second-order valence-electron chi connectivity index (χ2n) is 14.0. The van der Waals surface area contributed by atoms with E-state index in [2.05, 4.69) is 34.6 Å². The van der Waals surface area contributed by atoms with Gasteiger partial charge < -0.3 is 14.6 Å². The largest absolute Gasteiger partial charge is 0.422 e. The van der Waals surface area contributed by atoms with E-state index < -0.39 is 29.2 Å². The maximum atomic E-state index is 12.4. The Hall–Kier alpha value is -1.10. The summed E-state index contributed by atoms with van der Waals surface area (Å²) in [4.78, 5) is 24.7. The Labute approximate surface area is 219 Å². The third-order valence-electron chi connectivity index (χ3n) is 11.6. The SMILES string of the molecule is CC(=O)OC1(OC(C)=O)C[C@H](O)C[C@@H]2CC[C@H]3[C@@H]4CC[C@H]([C@H](C)CCCC(C)C)[C@@]4(C)CC[C@@H]3[C@]21C. The van der Waals surface area contributed by atoms with Crippen molar-refractivity contribution in [2.24, 2.45) is 52.3 Å². The maximum absolute atomic E-state index is 12.4. The molecule has 4 aliphatic rings. The number of hydrogen-bond acceptors (Lipinski definition) is 5. The second-order valence-corrected chi connectivity index (χ2v) is 14.0. The van der Waals surface area contributed by atoms with Crippen molar-refractivity contribution in [3.63, 3.8) is 0 Å². The summed E-state index contributed by atoms with van der Waals surface area (Å²) in [6.45, 7) is 14.7. The van der Waals surface area contributed by atoms with Gasteiger partial charge in [0.15, 0.2) is 0 Å². The minimum Gasteiger partial charge on any atom is -0.422 e. The normalized spacial score (nSPS) is 42.1. The predicted octanol–water partition coefficient (Wildman–Crippen LogP) is 6.90. The lowest BCUT2D eigenvalue weighted by Crippen LogP contribution is -2.67. The fourth-order valence-electron chi connectivity index (χ4n) is 10.1. The molecule has 0 heterocycles. The van der Waals surface area contributed by atoms with Crippen molar-refractivity contribution in [2.45, 2.75) is 131 Å². The zero-order valence-electron chi connectivity index (χ0n) is 24.0. The highest BCUT2D eigenvalue weighted by molar-refractivity contribution is 5.69. The van der Waals surface area contributed by atoms with E-state index in [4.69, 9.17) is 9.47 Å². The standard InChI is InChI=1S/C31H52O5/c1-19(2)9-8-10-20(3)26-13-14-27-25-12-11-23-17-24(34)18-31(35-21(4)32,36-22(5)33)30(23,7)28(25)15-16-29(26,27)6/h19-20,23-28,34H,8-18H2,1-7H3/t20-,23+,24-,25+,26-,27+,28+,29-,30+/m1/s1. The first-order valence-electron chi connectivity index (χ1n) is 14.9. The van der Waals surface area contributed by atoms with Gasteiger partial charge in [0.25, 0.3) is 5.79 Å². The summed E-state index contributed by atoms with van der Waals surface area (Å²) >= 11 is 0. The molecule has 0 spiro atoms. The third-order valence-corrected chi connectivity index (χ3v) is 11.6. The van der Waals surface area contributed by atoms with Crippen molar-refractivity contribution in [1.29, 1.82) is 0 Å². The highest BCUT2D eigenvalue weighted by Crippen LogP contribution is 2.70. The molecular formula is C31H52O5. The van der Waals surface area contributed by atoms with E-state index in [0.717, 1.165) is 30.6 Å². The molecular weight excluding hydrogens is 452 g/mol. The zero-order chi connectivity index (χ0) is 26.5. The number of esters is 2. The first-order chi connectivity index (χ1) is 16.8. The van der Waals surface area contributed by atoms with E-state index in [0.29, 0.717) is 29.6 Å². The minimum absolute atomic E-state index is 0.178. The number of ether oxygens (including phenoxy) is 2. The molecule has 4 fully saturated rings. The van der Waals surface area contributed by atoms with Crippen LogP contribution in [0.2, 0.25) is 0 Å². The first-order valence-corrected chi connectivity index (χ1v) is 14.9. The van der Waals surface area contributed by atoms with Crippen LogP contribution in [0.1, 0.15) is 119 Å². The Morgan fingerprint density at radius 2 is 1.58 bits per heavy atom. The lowest BCUT2D eigenvalue weighted by molar-refractivity contribution is -0.333. The molecule has 1 N–H and O–H groups in total. The molecule has 0 radical (unpaired) electrons. The topological polar surface area (TPSA) is 72.8 Å². The van der Waals surface area contributed by atoms with Crippen LogP contribution in [0.3, 0.4) is 0 Å². The molecule has 4 saturated carbocycles. The smallest absolute Gasteiger partial charge is 0.305 e. The number of carbonyl (C=O) groups is 2. The fourth-order valence-corrected chi connectivity index (χ4v) is 10.1. The van der Waals surface area contributed by atoms with E-state index in [1.54, 1.807) is 0 Å². The fraction of sp³-hybridized carbons (Fsp3) is 0.935. The van der Waals surface area contributed by atoms with Gasteiger partial charge in [0, 0.05) is 13.8 Å². The number of rotatable bonds is 7. The highest BCUT2D eigenvalue weighted by Gasteiger charge is 2.70. The molecule has 5 nitrogen and oxygen atoms in total.